The molecule has 0 aliphatic heterocycles. The highest BCUT2D eigenvalue weighted by Gasteiger charge is 1.98. The molecular formula is C14H10BrF. The van der Waals surface area contributed by atoms with Gasteiger partial charge in [0, 0.05) is 10.0 Å². The molecule has 0 N–H and O–H groups in total. The van der Waals surface area contributed by atoms with Crippen molar-refractivity contribution >= 4 is 28.1 Å². The lowest BCUT2D eigenvalue weighted by molar-refractivity contribution is 0.624. The number of benzene rings is 2. The molecule has 0 unspecified atom stereocenters. The van der Waals surface area contributed by atoms with E-state index in [1.165, 1.54) is 6.07 Å². The molecule has 0 saturated carbocycles. The van der Waals surface area contributed by atoms with Crippen molar-refractivity contribution < 1.29 is 4.39 Å². The Hall–Kier alpha value is -1.41. The first-order valence-corrected chi connectivity index (χ1v) is 5.73. The van der Waals surface area contributed by atoms with Gasteiger partial charge >= 0.3 is 0 Å². The van der Waals surface area contributed by atoms with Gasteiger partial charge in [0.25, 0.3) is 0 Å². The molecule has 0 atom stereocenters. The lowest BCUT2D eigenvalue weighted by Crippen LogP contribution is -1.80. The molecule has 0 fully saturated rings. The Morgan fingerprint density at radius 3 is 2.38 bits per heavy atom. The summed E-state index contributed by atoms with van der Waals surface area (Å²) in [5, 5.41) is 0. The fraction of sp³-hybridized carbons (Fsp3) is 0. The van der Waals surface area contributed by atoms with Crippen molar-refractivity contribution in [3.63, 3.8) is 0 Å². The first-order valence-electron chi connectivity index (χ1n) is 4.94. The topological polar surface area (TPSA) is 0 Å². The van der Waals surface area contributed by atoms with Gasteiger partial charge in [0.1, 0.15) is 5.82 Å². The third-order valence-electron chi connectivity index (χ3n) is 2.22. The molecule has 2 aromatic rings. The maximum absolute atomic E-state index is 13.5. The van der Waals surface area contributed by atoms with E-state index in [-0.39, 0.29) is 5.82 Å². The molecule has 0 aliphatic rings. The smallest absolute Gasteiger partial charge is 0.131 e. The molecule has 0 saturated heterocycles. The summed E-state index contributed by atoms with van der Waals surface area (Å²) in [6.07, 6.45) is 3.67. The summed E-state index contributed by atoms with van der Waals surface area (Å²) in [6.45, 7) is 0. The van der Waals surface area contributed by atoms with Gasteiger partial charge in [0.05, 0.1) is 0 Å². The van der Waals surface area contributed by atoms with Gasteiger partial charge in [-0.05, 0) is 17.7 Å². The minimum atomic E-state index is -0.221. The van der Waals surface area contributed by atoms with E-state index in [0.717, 1.165) is 10.0 Å². The van der Waals surface area contributed by atoms with Crippen LogP contribution in [0.4, 0.5) is 4.39 Å². The molecule has 2 aromatic carbocycles. The van der Waals surface area contributed by atoms with E-state index in [2.05, 4.69) is 15.9 Å². The normalized spacial score (nSPS) is 10.9. The highest BCUT2D eigenvalue weighted by Crippen LogP contribution is 2.17. The molecule has 80 valence electrons. The molecule has 0 aromatic heterocycles. The Balaban J connectivity index is 2.24. The second-order valence-electron chi connectivity index (χ2n) is 3.41. The van der Waals surface area contributed by atoms with Crippen LogP contribution in [0, 0.1) is 5.82 Å². The van der Waals surface area contributed by atoms with Crippen LogP contribution in [0.5, 0.6) is 0 Å². The Morgan fingerprint density at radius 2 is 1.69 bits per heavy atom. The number of hydrogen-bond donors (Lipinski definition) is 0. The van der Waals surface area contributed by atoms with Gasteiger partial charge in [-0.1, -0.05) is 64.5 Å². The Morgan fingerprint density at radius 1 is 0.938 bits per heavy atom. The van der Waals surface area contributed by atoms with Crippen LogP contribution in [0.25, 0.3) is 12.2 Å². The Kier molecular flexibility index (Phi) is 3.52. The molecule has 2 rings (SSSR count). The van der Waals surface area contributed by atoms with Gasteiger partial charge in [-0.15, -0.1) is 0 Å². The van der Waals surface area contributed by atoms with E-state index in [9.17, 15) is 4.39 Å². The Bertz CT molecular complexity index is 503. The maximum Gasteiger partial charge on any atom is 0.131 e. The van der Waals surface area contributed by atoms with Gasteiger partial charge < -0.3 is 0 Å². The lowest BCUT2D eigenvalue weighted by atomic mass is 10.1. The van der Waals surface area contributed by atoms with Crippen molar-refractivity contribution in [3.8, 4) is 0 Å². The molecular weight excluding hydrogens is 267 g/mol. The number of halogens is 2. The molecule has 2 heteroatoms. The minimum Gasteiger partial charge on any atom is -0.206 e. The fourth-order valence-corrected chi connectivity index (χ4v) is 1.72. The first-order chi connectivity index (χ1) is 7.75. The molecule has 0 heterocycles. The van der Waals surface area contributed by atoms with Crippen molar-refractivity contribution in [1.82, 2.24) is 0 Å². The highest BCUT2D eigenvalue weighted by atomic mass is 79.9. The summed E-state index contributed by atoms with van der Waals surface area (Å²) in [5.74, 6) is -0.221. The van der Waals surface area contributed by atoms with E-state index >= 15 is 0 Å². The second-order valence-corrected chi connectivity index (χ2v) is 4.33. The third kappa shape index (κ3) is 2.80. The molecule has 0 nitrogen and oxygen atoms in total. The average Bonchev–Trinajstić information content (AvgIpc) is 2.29. The van der Waals surface area contributed by atoms with Crippen LogP contribution in [0.15, 0.2) is 53.0 Å². The largest absolute Gasteiger partial charge is 0.206 e. The zero-order valence-corrected chi connectivity index (χ0v) is 10.1. The monoisotopic (exact) mass is 276 g/mol. The van der Waals surface area contributed by atoms with Crippen LogP contribution in [-0.4, -0.2) is 0 Å². The minimum absolute atomic E-state index is 0.221. The number of hydrogen-bond acceptors (Lipinski definition) is 0. The Labute approximate surface area is 103 Å². The maximum atomic E-state index is 13.5. The first kappa shape index (κ1) is 11.1. The standard InChI is InChI=1S/C14H10BrF/c15-13-9-8-12(14(16)10-13)7-6-11-4-2-1-3-5-11/h1-10H/b7-6+. The van der Waals surface area contributed by atoms with E-state index in [4.69, 9.17) is 0 Å². The van der Waals surface area contributed by atoms with Gasteiger partial charge in [-0.25, -0.2) is 4.39 Å². The SMILES string of the molecule is Fc1cc(Br)ccc1/C=C/c1ccccc1. The third-order valence-corrected chi connectivity index (χ3v) is 2.71. The molecule has 0 radical (unpaired) electrons. The highest BCUT2D eigenvalue weighted by molar-refractivity contribution is 9.10. The van der Waals surface area contributed by atoms with Crippen LogP contribution < -0.4 is 0 Å². The van der Waals surface area contributed by atoms with Gasteiger partial charge in [0.2, 0.25) is 0 Å². The van der Waals surface area contributed by atoms with E-state index in [0.29, 0.717) is 5.56 Å². The average molecular weight is 277 g/mol. The summed E-state index contributed by atoms with van der Waals surface area (Å²) in [6, 6.07) is 14.9. The molecule has 16 heavy (non-hydrogen) atoms. The van der Waals surface area contributed by atoms with Crippen molar-refractivity contribution in [2.75, 3.05) is 0 Å². The van der Waals surface area contributed by atoms with E-state index in [1.807, 2.05) is 42.5 Å². The van der Waals surface area contributed by atoms with Crippen molar-refractivity contribution in [2.24, 2.45) is 0 Å². The zero-order valence-electron chi connectivity index (χ0n) is 8.53. The quantitative estimate of drug-likeness (QED) is 0.694. The van der Waals surface area contributed by atoms with Crippen molar-refractivity contribution in [2.45, 2.75) is 0 Å². The van der Waals surface area contributed by atoms with Crippen molar-refractivity contribution in [1.29, 1.82) is 0 Å². The van der Waals surface area contributed by atoms with Crippen LogP contribution in [0.2, 0.25) is 0 Å². The zero-order chi connectivity index (χ0) is 11.4. The van der Waals surface area contributed by atoms with E-state index < -0.39 is 0 Å². The van der Waals surface area contributed by atoms with Crippen LogP contribution in [0.1, 0.15) is 11.1 Å². The fourth-order valence-electron chi connectivity index (χ4n) is 1.39. The van der Waals surface area contributed by atoms with Crippen LogP contribution in [0.3, 0.4) is 0 Å². The summed E-state index contributed by atoms with van der Waals surface area (Å²) < 4.78 is 14.2. The van der Waals surface area contributed by atoms with E-state index in [1.54, 1.807) is 12.1 Å². The van der Waals surface area contributed by atoms with Gasteiger partial charge in [0.15, 0.2) is 0 Å². The summed E-state index contributed by atoms with van der Waals surface area (Å²) in [5.41, 5.74) is 1.65. The molecule has 0 aliphatic carbocycles. The summed E-state index contributed by atoms with van der Waals surface area (Å²) in [4.78, 5) is 0. The van der Waals surface area contributed by atoms with Crippen molar-refractivity contribution in [3.05, 3.63) is 69.9 Å². The number of rotatable bonds is 2. The van der Waals surface area contributed by atoms with Crippen LogP contribution in [-0.2, 0) is 0 Å². The molecule has 0 spiro atoms. The van der Waals surface area contributed by atoms with Crippen LogP contribution >= 0.6 is 15.9 Å². The molecule has 0 amide bonds. The van der Waals surface area contributed by atoms with Gasteiger partial charge in [-0.2, -0.15) is 0 Å². The summed E-state index contributed by atoms with van der Waals surface area (Å²) in [7, 11) is 0. The summed E-state index contributed by atoms with van der Waals surface area (Å²) >= 11 is 3.23. The molecule has 0 bridgehead atoms. The predicted molar refractivity (Wildman–Crippen MR) is 69.5 cm³/mol. The lowest BCUT2D eigenvalue weighted by Gasteiger charge is -1.97. The van der Waals surface area contributed by atoms with Gasteiger partial charge in [-0.3, -0.25) is 0 Å². The predicted octanol–water partition coefficient (Wildman–Crippen LogP) is 4.76. The second kappa shape index (κ2) is 5.08.